The van der Waals surface area contributed by atoms with E-state index >= 15 is 0 Å². The summed E-state index contributed by atoms with van der Waals surface area (Å²) in [6, 6.07) is 4.57. The molecule has 0 aliphatic heterocycles. The summed E-state index contributed by atoms with van der Waals surface area (Å²) in [5.41, 5.74) is 11.1. The molecule has 1 aromatic rings. The third-order valence-corrected chi connectivity index (χ3v) is 3.75. The lowest BCUT2D eigenvalue weighted by Gasteiger charge is -2.22. The predicted octanol–water partition coefficient (Wildman–Crippen LogP) is 1.65. The highest BCUT2D eigenvalue weighted by atomic mass is 35.5. The molecule has 5 nitrogen and oxygen atoms in total. The van der Waals surface area contributed by atoms with Gasteiger partial charge in [-0.1, -0.05) is 24.4 Å². The van der Waals surface area contributed by atoms with Crippen LogP contribution in [0.3, 0.4) is 0 Å². The molecular formula is C13H16ClN3O2. The fourth-order valence-electron chi connectivity index (χ4n) is 2.28. The molecule has 1 fully saturated rings. The van der Waals surface area contributed by atoms with Gasteiger partial charge in [0.05, 0.1) is 16.1 Å². The fraction of sp³-hybridized carbons (Fsp3) is 0.385. The molecule has 2 rings (SSSR count). The van der Waals surface area contributed by atoms with Gasteiger partial charge in [0.25, 0.3) is 0 Å². The van der Waals surface area contributed by atoms with E-state index in [4.69, 9.17) is 23.1 Å². The lowest BCUT2D eigenvalue weighted by atomic mass is 9.98. The van der Waals surface area contributed by atoms with Crippen molar-refractivity contribution in [3.63, 3.8) is 0 Å². The summed E-state index contributed by atoms with van der Waals surface area (Å²) in [5.74, 6) is -0.818. The Kier molecular flexibility index (Phi) is 3.78. The molecule has 0 spiro atoms. The molecule has 0 saturated heterocycles. The quantitative estimate of drug-likeness (QED) is 0.785. The number of benzene rings is 1. The Labute approximate surface area is 116 Å². The van der Waals surface area contributed by atoms with Crippen molar-refractivity contribution in [2.24, 2.45) is 11.5 Å². The van der Waals surface area contributed by atoms with Crippen molar-refractivity contribution in [3.8, 4) is 0 Å². The Morgan fingerprint density at radius 2 is 1.89 bits per heavy atom. The third kappa shape index (κ3) is 2.88. The Morgan fingerprint density at radius 1 is 1.26 bits per heavy atom. The molecule has 19 heavy (non-hydrogen) atoms. The highest BCUT2D eigenvalue weighted by Crippen LogP contribution is 2.29. The normalized spacial score (nSPS) is 17.2. The van der Waals surface area contributed by atoms with Gasteiger partial charge in [-0.2, -0.15) is 0 Å². The predicted molar refractivity (Wildman–Crippen MR) is 74.0 cm³/mol. The Morgan fingerprint density at radius 3 is 2.42 bits per heavy atom. The summed E-state index contributed by atoms with van der Waals surface area (Å²) >= 11 is 5.92. The SMILES string of the molecule is NC(=O)c1ccc(NC(=O)C2(N)CCCC2)cc1Cl. The van der Waals surface area contributed by atoms with Crippen molar-refractivity contribution >= 4 is 29.1 Å². The first kappa shape index (κ1) is 13.8. The molecule has 0 unspecified atom stereocenters. The monoisotopic (exact) mass is 281 g/mol. The van der Waals surface area contributed by atoms with Gasteiger partial charge in [0.15, 0.2) is 0 Å². The lowest BCUT2D eigenvalue weighted by Crippen LogP contribution is -2.48. The summed E-state index contributed by atoms with van der Waals surface area (Å²) in [6.07, 6.45) is 3.30. The van der Waals surface area contributed by atoms with Gasteiger partial charge in [-0.15, -0.1) is 0 Å². The summed E-state index contributed by atoms with van der Waals surface area (Å²) < 4.78 is 0. The average molecular weight is 282 g/mol. The van der Waals surface area contributed by atoms with E-state index < -0.39 is 11.4 Å². The van der Waals surface area contributed by atoms with E-state index in [1.54, 1.807) is 6.07 Å². The van der Waals surface area contributed by atoms with Crippen LogP contribution in [0.15, 0.2) is 18.2 Å². The van der Waals surface area contributed by atoms with Crippen molar-refractivity contribution in [3.05, 3.63) is 28.8 Å². The van der Waals surface area contributed by atoms with Crippen LogP contribution in [-0.4, -0.2) is 17.4 Å². The minimum atomic E-state index is -0.797. The number of hydrogen-bond donors (Lipinski definition) is 3. The minimum absolute atomic E-state index is 0.211. The number of nitrogens with one attached hydrogen (secondary N) is 1. The zero-order valence-electron chi connectivity index (χ0n) is 10.4. The van der Waals surface area contributed by atoms with Gasteiger partial charge >= 0.3 is 0 Å². The van der Waals surface area contributed by atoms with E-state index in [9.17, 15) is 9.59 Å². The highest BCUT2D eigenvalue weighted by Gasteiger charge is 2.36. The molecule has 2 amide bonds. The molecule has 0 heterocycles. The van der Waals surface area contributed by atoms with Gasteiger partial charge in [0, 0.05) is 5.69 Å². The van der Waals surface area contributed by atoms with E-state index in [-0.39, 0.29) is 16.5 Å². The number of primary amides is 1. The first-order valence-corrected chi connectivity index (χ1v) is 6.50. The van der Waals surface area contributed by atoms with Crippen LogP contribution < -0.4 is 16.8 Å². The topological polar surface area (TPSA) is 98.2 Å². The van der Waals surface area contributed by atoms with Crippen molar-refractivity contribution in [2.45, 2.75) is 31.2 Å². The van der Waals surface area contributed by atoms with Crippen LogP contribution in [0.2, 0.25) is 5.02 Å². The zero-order chi connectivity index (χ0) is 14.0. The molecule has 6 heteroatoms. The van der Waals surface area contributed by atoms with Crippen LogP contribution in [0.1, 0.15) is 36.0 Å². The van der Waals surface area contributed by atoms with Gasteiger partial charge in [-0.3, -0.25) is 9.59 Å². The molecule has 0 atom stereocenters. The second-order valence-corrected chi connectivity index (χ2v) is 5.28. The first-order chi connectivity index (χ1) is 8.92. The van der Waals surface area contributed by atoms with Crippen LogP contribution in [-0.2, 0) is 4.79 Å². The standard InChI is InChI=1S/C13H16ClN3O2/c14-10-7-8(3-4-9(10)11(15)18)17-12(19)13(16)5-1-2-6-13/h3-4,7H,1-2,5-6,16H2,(H2,15,18)(H,17,19). The largest absolute Gasteiger partial charge is 0.366 e. The zero-order valence-corrected chi connectivity index (χ0v) is 11.2. The summed E-state index contributed by atoms with van der Waals surface area (Å²) in [6.45, 7) is 0. The molecule has 1 aromatic carbocycles. The molecule has 1 aliphatic rings. The van der Waals surface area contributed by atoms with Crippen molar-refractivity contribution in [1.29, 1.82) is 0 Å². The maximum absolute atomic E-state index is 12.1. The maximum atomic E-state index is 12.1. The number of anilines is 1. The van der Waals surface area contributed by atoms with E-state index in [1.165, 1.54) is 12.1 Å². The Hall–Kier alpha value is -1.59. The average Bonchev–Trinajstić information content (AvgIpc) is 2.77. The van der Waals surface area contributed by atoms with E-state index in [0.29, 0.717) is 18.5 Å². The number of carbonyl (C=O) groups excluding carboxylic acids is 2. The van der Waals surface area contributed by atoms with Crippen molar-refractivity contribution < 1.29 is 9.59 Å². The van der Waals surface area contributed by atoms with Gasteiger partial charge < -0.3 is 16.8 Å². The maximum Gasteiger partial charge on any atom is 0.250 e. The number of hydrogen-bond acceptors (Lipinski definition) is 3. The van der Waals surface area contributed by atoms with Gasteiger partial charge in [-0.05, 0) is 31.0 Å². The third-order valence-electron chi connectivity index (χ3n) is 3.44. The molecule has 102 valence electrons. The summed E-state index contributed by atoms with van der Waals surface area (Å²) in [5, 5.41) is 2.94. The number of carbonyl (C=O) groups is 2. The highest BCUT2D eigenvalue weighted by molar-refractivity contribution is 6.34. The van der Waals surface area contributed by atoms with Gasteiger partial charge in [0.2, 0.25) is 11.8 Å². The number of amides is 2. The summed E-state index contributed by atoms with van der Waals surface area (Å²) in [4.78, 5) is 23.1. The lowest BCUT2D eigenvalue weighted by molar-refractivity contribution is -0.121. The number of nitrogens with two attached hydrogens (primary N) is 2. The Balaban J connectivity index is 2.13. The first-order valence-electron chi connectivity index (χ1n) is 6.12. The smallest absolute Gasteiger partial charge is 0.250 e. The molecule has 1 saturated carbocycles. The van der Waals surface area contributed by atoms with E-state index in [0.717, 1.165) is 12.8 Å². The van der Waals surface area contributed by atoms with Crippen LogP contribution >= 0.6 is 11.6 Å². The van der Waals surface area contributed by atoms with Crippen LogP contribution in [0.5, 0.6) is 0 Å². The van der Waals surface area contributed by atoms with Crippen molar-refractivity contribution in [1.82, 2.24) is 0 Å². The second kappa shape index (κ2) is 5.19. The minimum Gasteiger partial charge on any atom is -0.366 e. The van der Waals surface area contributed by atoms with Crippen LogP contribution in [0.4, 0.5) is 5.69 Å². The van der Waals surface area contributed by atoms with Gasteiger partial charge in [-0.25, -0.2) is 0 Å². The number of rotatable bonds is 3. The molecule has 0 bridgehead atoms. The van der Waals surface area contributed by atoms with E-state index in [2.05, 4.69) is 5.32 Å². The van der Waals surface area contributed by atoms with E-state index in [1.807, 2.05) is 0 Å². The molecule has 0 radical (unpaired) electrons. The van der Waals surface area contributed by atoms with Gasteiger partial charge in [0.1, 0.15) is 0 Å². The fourth-order valence-corrected chi connectivity index (χ4v) is 2.55. The van der Waals surface area contributed by atoms with Crippen LogP contribution in [0, 0.1) is 0 Å². The molecular weight excluding hydrogens is 266 g/mol. The second-order valence-electron chi connectivity index (χ2n) is 4.88. The van der Waals surface area contributed by atoms with Crippen molar-refractivity contribution in [2.75, 3.05) is 5.32 Å². The molecule has 1 aliphatic carbocycles. The molecule has 5 N–H and O–H groups in total. The Bertz CT molecular complexity index is 525. The number of halogens is 1. The molecule has 0 aromatic heterocycles. The summed E-state index contributed by atoms with van der Waals surface area (Å²) in [7, 11) is 0. The van der Waals surface area contributed by atoms with Crippen LogP contribution in [0.25, 0.3) is 0 Å².